The Bertz CT molecular complexity index is 794. The molecule has 0 bridgehead atoms. The molecule has 2 aromatic rings. The third-order valence-corrected chi connectivity index (χ3v) is 5.27. The molecule has 0 fully saturated rings. The van der Waals surface area contributed by atoms with Crippen LogP contribution in [0.4, 0.5) is 11.4 Å². The third-order valence-electron chi connectivity index (χ3n) is 3.99. The van der Waals surface area contributed by atoms with Gasteiger partial charge in [-0.3, -0.25) is 9.59 Å². The Morgan fingerprint density at radius 1 is 1.19 bits per heavy atom. The molecule has 0 aliphatic carbocycles. The van der Waals surface area contributed by atoms with Crippen LogP contribution in [-0.4, -0.2) is 23.7 Å². The Balaban J connectivity index is 1.62. The van der Waals surface area contributed by atoms with Crippen LogP contribution in [0.25, 0.3) is 0 Å². The Kier molecular flexibility index (Phi) is 6.17. The first-order chi connectivity index (χ1) is 12.7. The van der Waals surface area contributed by atoms with Crippen LogP contribution in [-0.2, 0) is 9.59 Å². The second-order valence-electron chi connectivity index (χ2n) is 6.04. The molecular weight excluding hydrogens is 348 g/mol. The highest BCUT2D eigenvalue weighted by Gasteiger charge is 2.29. The summed E-state index contributed by atoms with van der Waals surface area (Å²) < 4.78 is 5.74. The fourth-order valence-electron chi connectivity index (χ4n) is 2.62. The van der Waals surface area contributed by atoms with Crippen molar-refractivity contribution < 1.29 is 14.3 Å². The Morgan fingerprint density at radius 3 is 2.81 bits per heavy atom. The van der Waals surface area contributed by atoms with Crippen molar-refractivity contribution in [3.8, 4) is 5.75 Å². The number of carbonyl (C=O) groups excluding carboxylic acids is 2. The first-order valence-corrected chi connectivity index (χ1v) is 9.63. The Labute approximate surface area is 157 Å². The number of amides is 2. The number of hydrogen-bond donors (Lipinski definition) is 2. The molecule has 0 saturated carbocycles. The van der Waals surface area contributed by atoms with Gasteiger partial charge >= 0.3 is 0 Å². The van der Waals surface area contributed by atoms with E-state index in [1.165, 1.54) is 11.8 Å². The SMILES string of the molecule is CCCCOc1ccccc1NC(=O)CC1Sc2ccccc2NC1=O. The van der Waals surface area contributed by atoms with Gasteiger partial charge in [-0.15, -0.1) is 11.8 Å². The molecule has 1 heterocycles. The van der Waals surface area contributed by atoms with Gasteiger partial charge in [0.2, 0.25) is 11.8 Å². The van der Waals surface area contributed by atoms with Crippen LogP contribution in [0.5, 0.6) is 5.75 Å². The summed E-state index contributed by atoms with van der Waals surface area (Å²) in [7, 11) is 0. The molecule has 0 spiro atoms. The largest absolute Gasteiger partial charge is 0.491 e. The van der Waals surface area contributed by atoms with E-state index in [2.05, 4.69) is 17.6 Å². The summed E-state index contributed by atoms with van der Waals surface area (Å²) in [4.78, 5) is 25.7. The zero-order chi connectivity index (χ0) is 18.4. The van der Waals surface area contributed by atoms with Gasteiger partial charge < -0.3 is 15.4 Å². The Morgan fingerprint density at radius 2 is 1.96 bits per heavy atom. The van der Waals surface area contributed by atoms with Gasteiger partial charge in [0.05, 0.1) is 23.2 Å². The fourth-order valence-corrected chi connectivity index (χ4v) is 3.73. The molecule has 2 N–H and O–H groups in total. The maximum atomic E-state index is 12.5. The summed E-state index contributed by atoms with van der Waals surface area (Å²) in [6.07, 6.45) is 2.11. The number of para-hydroxylation sites is 3. The topological polar surface area (TPSA) is 67.4 Å². The summed E-state index contributed by atoms with van der Waals surface area (Å²) >= 11 is 1.42. The maximum absolute atomic E-state index is 12.5. The van der Waals surface area contributed by atoms with E-state index in [4.69, 9.17) is 4.74 Å². The van der Waals surface area contributed by atoms with Crippen molar-refractivity contribution in [2.45, 2.75) is 36.3 Å². The van der Waals surface area contributed by atoms with Crippen LogP contribution in [0.1, 0.15) is 26.2 Å². The van der Waals surface area contributed by atoms with E-state index in [9.17, 15) is 9.59 Å². The van der Waals surface area contributed by atoms with Gasteiger partial charge in [0, 0.05) is 11.3 Å². The average molecular weight is 370 g/mol. The lowest BCUT2D eigenvalue weighted by Gasteiger charge is -2.23. The zero-order valence-electron chi connectivity index (χ0n) is 14.7. The number of benzene rings is 2. The lowest BCUT2D eigenvalue weighted by atomic mass is 10.2. The van der Waals surface area contributed by atoms with Gasteiger partial charge in [-0.1, -0.05) is 37.6 Å². The number of rotatable bonds is 7. The van der Waals surface area contributed by atoms with Gasteiger partial charge in [0.1, 0.15) is 5.75 Å². The second kappa shape index (κ2) is 8.76. The predicted molar refractivity (Wildman–Crippen MR) is 105 cm³/mol. The molecule has 26 heavy (non-hydrogen) atoms. The summed E-state index contributed by atoms with van der Waals surface area (Å²) in [6, 6.07) is 15.0. The van der Waals surface area contributed by atoms with Crippen LogP contribution in [0, 0.1) is 0 Å². The summed E-state index contributed by atoms with van der Waals surface area (Å²) in [5.74, 6) is 0.306. The lowest BCUT2D eigenvalue weighted by molar-refractivity contribution is -0.120. The van der Waals surface area contributed by atoms with E-state index in [-0.39, 0.29) is 18.2 Å². The molecule has 1 aliphatic rings. The van der Waals surface area contributed by atoms with Crippen molar-refractivity contribution in [3.05, 3.63) is 48.5 Å². The normalized spacial score (nSPS) is 15.7. The standard InChI is InChI=1S/C20H22N2O3S/c1-2-3-12-25-16-10-6-4-8-14(16)21-19(23)13-18-20(24)22-15-9-5-7-11-17(15)26-18/h4-11,18H,2-3,12-13H2,1H3,(H,21,23)(H,22,24). The van der Waals surface area contributed by atoms with Crippen molar-refractivity contribution >= 4 is 35.0 Å². The first kappa shape index (κ1) is 18.3. The Hall–Kier alpha value is -2.47. The van der Waals surface area contributed by atoms with Gasteiger partial charge in [0.15, 0.2) is 0 Å². The molecule has 0 aromatic heterocycles. The number of ether oxygens (including phenoxy) is 1. The second-order valence-corrected chi connectivity index (χ2v) is 7.29. The van der Waals surface area contributed by atoms with Crippen molar-refractivity contribution in [1.82, 2.24) is 0 Å². The molecule has 6 heteroatoms. The van der Waals surface area contributed by atoms with E-state index in [0.29, 0.717) is 18.0 Å². The number of carbonyl (C=O) groups is 2. The van der Waals surface area contributed by atoms with Crippen LogP contribution in [0.15, 0.2) is 53.4 Å². The fraction of sp³-hybridized carbons (Fsp3) is 0.300. The average Bonchev–Trinajstić information content (AvgIpc) is 2.64. The minimum absolute atomic E-state index is 0.105. The van der Waals surface area contributed by atoms with Crippen LogP contribution in [0.2, 0.25) is 0 Å². The van der Waals surface area contributed by atoms with Crippen molar-refractivity contribution in [2.75, 3.05) is 17.2 Å². The quantitative estimate of drug-likeness (QED) is 0.713. The maximum Gasteiger partial charge on any atom is 0.238 e. The monoisotopic (exact) mass is 370 g/mol. The molecular formula is C20H22N2O3S. The van der Waals surface area contributed by atoms with E-state index in [0.717, 1.165) is 23.4 Å². The number of fused-ring (bicyclic) bond motifs is 1. The van der Waals surface area contributed by atoms with E-state index < -0.39 is 5.25 Å². The summed E-state index contributed by atoms with van der Waals surface area (Å²) in [5.41, 5.74) is 1.43. The van der Waals surface area contributed by atoms with Gasteiger partial charge in [-0.25, -0.2) is 0 Å². The highest BCUT2D eigenvalue weighted by atomic mass is 32.2. The van der Waals surface area contributed by atoms with Crippen LogP contribution in [0.3, 0.4) is 0 Å². The van der Waals surface area contributed by atoms with Crippen molar-refractivity contribution in [2.24, 2.45) is 0 Å². The van der Waals surface area contributed by atoms with E-state index in [1.807, 2.05) is 48.5 Å². The minimum atomic E-state index is -0.446. The molecule has 3 rings (SSSR count). The highest BCUT2D eigenvalue weighted by Crippen LogP contribution is 2.36. The van der Waals surface area contributed by atoms with Crippen LogP contribution >= 0.6 is 11.8 Å². The molecule has 1 aliphatic heterocycles. The van der Waals surface area contributed by atoms with Gasteiger partial charge in [-0.05, 0) is 30.7 Å². The molecule has 1 unspecified atom stereocenters. The van der Waals surface area contributed by atoms with Gasteiger partial charge in [0.25, 0.3) is 0 Å². The lowest BCUT2D eigenvalue weighted by Crippen LogP contribution is -2.32. The molecule has 0 saturated heterocycles. The van der Waals surface area contributed by atoms with Crippen molar-refractivity contribution in [1.29, 1.82) is 0 Å². The van der Waals surface area contributed by atoms with Crippen LogP contribution < -0.4 is 15.4 Å². The van der Waals surface area contributed by atoms with E-state index >= 15 is 0 Å². The first-order valence-electron chi connectivity index (χ1n) is 8.75. The smallest absolute Gasteiger partial charge is 0.238 e. The molecule has 2 amide bonds. The van der Waals surface area contributed by atoms with E-state index in [1.54, 1.807) is 0 Å². The number of unbranched alkanes of at least 4 members (excludes halogenated alkanes) is 1. The predicted octanol–water partition coefficient (Wildman–Crippen LogP) is 4.31. The number of thioether (sulfide) groups is 1. The molecule has 5 nitrogen and oxygen atoms in total. The molecule has 136 valence electrons. The summed E-state index contributed by atoms with van der Waals surface area (Å²) in [5, 5.41) is 5.29. The molecule has 2 aromatic carbocycles. The highest BCUT2D eigenvalue weighted by molar-refractivity contribution is 8.01. The third kappa shape index (κ3) is 4.58. The summed E-state index contributed by atoms with van der Waals surface area (Å²) in [6.45, 7) is 2.71. The number of nitrogens with one attached hydrogen (secondary N) is 2. The molecule has 1 atom stereocenters. The number of hydrogen-bond acceptors (Lipinski definition) is 4. The van der Waals surface area contributed by atoms with Gasteiger partial charge in [-0.2, -0.15) is 0 Å². The minimum Gasteiger partial charge on any atom is -0.491 e. The number of anilines is 2. The zero-order valence-corrected chi connectivity index (χ0v) is 15.5. The van der Waals surface area contributed by atoms with Crippen molar-refractivity contribution in [3.63, 3.8) is 0 Å². The molecule has 0 radical (unpaired) electrons.